The molecule has 3 aromatic rings. The predicted octanol–water partition coefficient (Wildman–Crippen LogP) is 2.31. The number of esters is 1. The van der Waals surface area contributed by atoms with Crippen molar-refractivity contribution in [3.63, 3.8) is 0 Å². The predicted molar refractivity (Wildman–Crippen MR) is 136 cm³/mol. The first-order valence-corrected chi connectivity index (χ1v) is 13.1. The van der Waals surface area contributed by atoms with Crippen LogP contribution in [0.2, 0.25) is 0 Å². The van der Waals surface area contributed by atoms with Crippen LogP contribution in [-0.4, -0.2) is 45.2 Å². The molecule has 0 spiro atoms. The van der Waals surface area contributed by atoms with Crippen molar-refractivity contribution in [2.75, 3.05) is 11.9 Å². The Hall–Kier alpha value is -3.90. The van der Waals surface area contributed by atoms with Gasteiger partial charge in [-0.2, -0.15) is 0 Å². The van der Waals surface area contributed by atoms with Crippen molar-refractivity contribution in [3.05, 3.63) is 74.2 Å². The van der Waals surface area contributed by atoms with E-state index in [0.29, 0.717) is 26.7 Å². The van der Waals surface area contributed by atoms with E-state index in [1.807, 2.05) is 0 Å². The lowest BCUT2D eigenvalue weighted by Gasteiger charge is -2.30. The monoisotopic (exact) mass is 539 g/mol. The summed E-state index contributed by atoms with van der Waals surface area (Å²) in [5.41, 5.74) is 1.46. The normalized spacial score (nSPS) is 20.1. The Morgan fingerprint density at radius 3 is 2.43 bits per heavy atom. The number of nitrogens with zero attached hydrogens (tertiary/aromatic N) is 1. The molecule has 5 rings (SSSR count). The quantitative estimate of drug-likeness (QED) is 0.320. The summed E-state index contributed by atoms with van der Waals surface area (Å²) in [7, 11) is 0. The van der Waals surface area contributed by atoms with E-state index in [9.17, 15) is 29.1 Å². The van der Waals surface area contributed by atoms with E-state index in [0.717, 1.165) is 23.1 Å². The Morgan fingerprint density at radius 1 is 1.05 bits per heavy atom. The number of aromatic hydroxyl groups is 1. The first kappa shape index (κ1) is 24.8. The van der Waals surface area contributed by atoms with Crippen molar-refractivity contribution in [1.29, 1.82) is 0 Å². The molecule has 190 valence electrons. The summed E-state index contributed by atoms with van der Waals surface area (Å²) in [4.78, 5) is 63.1. The van der Waals surface area contributed by atoms with E-state index in [2.05, 4.69) is 10.6 Å². The summed E-state index contributed by atoms with van der Waals surface area (Å²) < 4.78 is 6.26. The summed E-state index contributed by atoms with van der Waals surface area (Å²) in [6.45, 7) is 1.66. The molecule has 0 radical (unpaired) electrons. The molecule has 1 saturated heterocycles. The Bertz CT molecular complexity index is 1460. The second-order valence-corrected chi connectivity index (χ2v) is 10.6. The number of rotatable bonds is 6. The number of fused-ring (bicyclic) bond motifs is 2. The lowest BCUT2D eigenvalue weighted by Crippen LogP contribution is -2.32. The fourth-order valence-corrected chi connectivity index (χ4v) is 7.20. The highest BCUT2D eigenvalue weighted by Crippen LogP contribution is 2.51. The average molecular weight is 540 g/mol. The van der Waals surface area contributed by atoms with Crippen molar-refractivity contribution >= 4 is 52.5 Å². The Morgan fingerprint density at radius 2 is 1.76 bits per heavy atom. The van der Waals surface area contributed by atoms with Crippen LogP contribution in [0.5, 0.6) is 5.75 Å². The van der Waals surface area contributed by atoms with Gasteiger partial charge in [0.05, 0.1) is 23.1 Å². The number of thiazole rings is 1. The van der Waals surface area contributed by atoms with Gasteiger partial charge in [-0.15, -0.1) is 0 Å². The van der Waals surface area contributed by atoms with Crippen LogP contribution in [0.1, 0.15) is 33.6 Å². The first-order valence-electron chi connectivity index (χ1n) is 11.4. The molecule has 37 heavy (non-hydrogen) atoms. The zero-order valence-corrected chi connectivity index (χ0v) is 21.1. The molecule has 0 aliphatic carbocycles. The number of carbonyl (C=O) groups excluding carboxylic acids is 4. The second-order valence-electron chi connectivity index (χ2n) is 8.46. The summed E-state index contributed by atoms with van der Waals surface area (Å²) in [5, 5.41) is 14.5. The van der Waals surface area contributed by atoms with Gasteiger partial charge in [0.15, 0.2) is 0 Å². The highest BCUT2D eigenvalue weighted by atomic mass is 32.2. The molecule has 0 bridgehead atoms. The summed E-state index contributed by atoms with van der Waals surface area (Å²) in [6.07, 6.45) is 0. The highest BCUT2D eigenvalue weighted by Gasteiger charge is 2.52. The number of ether oxygens (including phenoxy) is 1. The van der Waals surface area contributed by atoms with Crippen molar-refractivity contribution in [3.8, 4) is 5.75 Å². The number of amides is 3. The fourth-order valence-electron chi connectivity index (χ4n) is 4.46. The number of carbonyl (C=O) groups is 4. The molecule has 1 aromatic heterocycles. The molecule has 2 aliphatic rings. The summed E-state index contributed by atoms with van der Waals surface area (Å²) in [5.74, 6) is -3.03. The number of phenolic OH excluding ortho intramolecular Hbond substituents is 1. The third kappa shape index (κ3) is 4.65. The van der Waals surface area contributed by atoms with E-state index >= 15 is 0 Å². The van der Waals surface area contributed by atoms with E-state index < -0.39 is 40.8 Å². The van der Waals surface area contributed by atoms with Gasteiger partial charge in [0.2, 0.25) is 17.7 Å². The number of aromatic nitrogens is 1. The van der Waals surface area contributed by atoms with Gasteiger partial charge < -0.3 is 15.2 Å². The number of nitrogens with one attached hydrogen (secondary N) is 2. The zero-order valence-electron chi connectivity index (χ0n) is 19.4. The molecule has 2 unspecified atom stereocenters. The smallest absolute Gasteiger partial charge is 0.338 e. The molecular weight excluding hydrogens is 518 g/mol. The minimum Gasteiger partial charge on any atom is -0.508 e. The second kappa shape index (κ2) is 9.87. The van der Waals surface area contributed by atoms with Gasteiger partial charge in [0.25, 0.3) is 0 Å². The first-order chi connectivity index (χ1) is 17.8. The van der Waals surface area contributed by atoms with Gasteiger partial charge in [-0.05, 0) is 48.9 Å². The van der Waals surface area contributed by atoms with Crippen LogP contribution in [0.4, 0.5) is 5.69 Å². The third-order valence-electron chi connectivity index (χ3n) is 6.12. The highest BCUT2D eigenvalue weighted by molar-refractivity contribution is 8.00. The van der Waals surface area contributed by atoms with Crippen LogP contribution in [0.3, 0.4) is 0 Å². The van der Waals surface area contributed by atoms with Gasteiger partial charge in [-0.1, -0.05) is 35.2 Å². The number of benzene rings is 2. The van der Waals surface area contributed by atoms with Crippen LogP contribution in [-0.2, 0) is 25.7 Å². The zero-order chi connectivity index (χ0) is 26.3. The largest absolute Gasteiger partial charge is 0.508 e. The summed E-state index contributed by atoms with van der Waals surface area (Å²) >= 11 is 2.04. The summed E-state index contributed by atoms with van der Waals surface area (Å²) in [6, 6.07) is 12.5. The van der Waals surface area contributed by atoms with Crippen LogP contribution in [0, 0.1) is 5.92 Å². The van der Waals surface area contributed by atoms with Gasteiger partial charge in [0.1, 0.15) is 17.5 Å². The van der Waals surface area contributed by atoms with Crippen LogP contribution in [0.25, 0.3) is 0 Å². The van der Waals surface area contributed by atoms with Crippen molar-refractivity contribution in [1.82, 2.24) is 9.88 Å². The molecule has 10 nitrogen and oxygen atoms in total. The number of hydrogen-bond acceptors (Lipinski definition) is 9. The molecule has 2 aromatic carbocycles. The van der Waals surface area contributed by atoms with Gasteiger partial charge >= 0.3 is 10.8 Å². The molecule has 12 heteroatoms. The van der Waals surface area contributed by atoms with E-state index in [4.69, 9.17) is 4.74 Å². The SMILES string of the molecule is CCOC(=O)c1ccc(NC(=O)Cn2c3c(sc2=O)[C@@H](c2ccc(O)cc2)C2C(=O)NC(=O)C2S3)cc1. The van der Waals surface area contributed by atoms with Crippen LogP contribution in [0.15, 0.2) is 58.4 Å². The number of imide groups is 1. The van der Waals surface area contributed by atoms with E-state index in [-0.39, 0.29) is 23.8 Å². The molecule has 3 amide bonds. The average Bonchev–Trinajstić information content (AvgIpc) is 3.33. The molecule has 3 atom stereocenters. The number of hydrogen-bond donors (Lipinski definition) is 3. The maximum atomic E-state index is 13.0. The Kier molecular flexibility index (Phi) is 6.61. The topological polar surface area (TPSA) is 144 Å². The lowest BCUT2D eigenvalue weighted by atomic mass is 9.83. The molecular formula is C25H21N3O7S2. The number of thioether (sulfide) groups is 1. The van der Waals surface area contributed by atoms with Gasteiger partial charge in [-0.25, -0.2) is 4.79 Å². The van der Waals surface area contributed by atoms with Crippen molar-refractivity contribution < 1.29 is 29.0 Å². The Balaban J connectivity index is 1.43. The number of anilines is 1. The van der Waals surface area contributed by atoms with E-state index in [1.54, 1.807) is 31.2 Å². The third-order valence-corrected chi connectivity index (χ3v) is 8.74. The van der Waals surface area contributed by atoms with Crippen molar-refractivity contribution in [2.45, 2.75) is 29.7 Å². The lowest BCUT2D eigenvalue weighted by molar-refractivity contribution is -0.126. The molecule has 2 aliphatic heterocycles. The molecule has 3 heterocycles. The van der Waals surface area contributed by atoms with Crippen LogP contribution >= 0.6 is 23.1 Å². The number of phenols is 1. The maximum Gasteiger partial charge on any atom is 0.338 e. The van der Waals surface area contributed by atoms with Gasteiger partial charge in [-0.3, -0.25) is 29.1 Å². The molecule has 3 N–H and O–H groups in total. The fraction of sp³-hybridized carbons (Fsp3) is 0.240. The Labute approximate surface area is 218 Å². The molecule has 0 saturated carbocycles. The minimum absolute atomic E-state index is 0.0513. The van der Waals surface area contributed by atoms with Crippen molar-refractivity contribution in [2.24, 2.45) is 5.92 Å². The van der Waals surface area contributed by atoms with Crippen LogP contribution < -0.4 is 15.5 Å². The minimum atomic E-state index is -0.752. The standard InChI is InChI=1S/C25H21N3O7S2/c1-2-35-24(33)13-3-7-14(8-4-13)26-16(30)11-28-23-20(37-25(28)34)17(12-5-9-15(29)10-6-12)18-19(36-23)22(32)27-21(18)31/h3-10,17-19,29H,2,11H2,1H3,(H,26,30)(H,27,31,32)/t17-,18?,19?/m0/s1. The van der Waals surface area contributed by atoms with Gasteiger partial charge in [0, 0.05) is 16.5 Å². The molecule has 1 fully saturated rings. The van der Waals surface area contributed by atoms with E-state index in [1.165, 1.54) is 28.8 Å². The maximum absolute atomic E-state index is 13.0.